The van der Waals surface area contributed by atoms with Gasteiger partial charge in [-0.25, -0.2) is 0 Å². The molecule has 0 aromatic heterocycles. The fourth-order valence-corrected chi connectivity index (χ4v) is 2.60. The summed E-state index contributed by atoms with van der Waals surface area (Å²) in [6, 6.07) is 13.2. The van der Waals surface area contributed by atoms with E-state index in [1.807, 2.05) is 30.3 Å². The maximum atomic E-state index is 12.3. The molecule has 0 spiro atoms. The predicted molar refractivity (Wildman–Crippen MR) is 88.4 cm³/mol. The summed E-state index contributed by atoms with van der Waals surface area (Å²) >= 11 is 5.99. The fraction of sp³-hybridized carbons (Fsp3) is 0.278. The Hall–Kier alpha value is -2.00. The molecular formula is C18H18ClNO2. The number of hydrogen-bond donors (Lipinski definition) is 0. The minimum absolute atomic E-state index is 0.0748. The summed E-state index contributed by atoms with van der Waals surface area (Å²) < 4.78 is 0. The average molecular weight is 316 g/mol. The van der Waals surface area contributed by atoms with E-state index in [-0.39, 0.29) is 11.3 Å². The summed E-state index contributed by atoms with van der Waals surface area (Å²) in [5.74, 6) is 0.547. The van der Waals surface area contributed by atoms with Gasteiger partial charge in [-0.15, -0.1) is 5.06 Å². The Balaban J connectivity index is 1.91. The third kappa shape index (κ3) is 2.81. The van der Waals surface area contributed by atoms with Crippen molar-refractivity contribution in [3.8, 4) is 5.75 Å². The molecule has 1 aliphatic rings. The van der Waals surface area contributed by atoms with Crippen LogP contribution in [0.2, 0.25) is 5.02 Å². The molecule has 4 heteroatoms. The lowest BCUT2D eigenvalue weighted by atomic mass is 9.87. The van der Waals surface area contributed by atoms with Gasteiger partial charge in [0, 0.05) is 16.7 Å². The van der Waals surface area contributed by atoms with Gasteiger partial charge in [0.1, 0.15) is 0 Å². The Morgan fingerprint density at radius 2 is 1.77 bits per heavy atom. The normalized spacial score (nSPS) is 14.5. The van der Waals surface area contributed by atoms with Gasteiger partial charge in [-0.2, -0.15) is 0 Å². The quantitative estimate of drug-likeness (QED) is 0.774. The van der Waals surface area contributed by atoms with Crippen LogP contribution in [0, 0.1) is 0 Å². The highest BCUT2D eigenvalue weighted by Gasteiger charge is 2.27. The lowest BCUT2D eigenvalue weighted by molar-refractivity contribution is -0.123. The van der Waals surface area contributed by atoms with Crippen molar-refractivity contribution in [2.45, 2.75) is 32.6 Å². The van der Waals surface area contributed by atoms with E-state index in [1.54, 1.807) is 12.1 Å². The number of amides is 1. The number of benzene rings is 2. The Labute approximate surface area is 135 Å². The molecule has 1 amide bonds. The van der Waals surface area contributed by atoms with Gasteiger partial charge < -0.3 is 4.84 Å². The first-order chi connectivity index (χ1) is 10.3. The van der Waals surface area contributed by atoms with E-state index >= 15 is 0 Å². The molecule has 22 heavy (non-hydrogen) atoms. The summed E-state index contributed by atoms with van der Waals surface area (Å²) in [6.45, 7) is 6.47. The molecule has 1 heterocycles. The zero-order valence-corrected chi connectivity index (χ0v) is 13.6. The molecule has 2 aromatic carbocycles. The molecule has 114 valence electrons. The minimum Gasteiger partial charge on any atom is -0.372 e. The summed E-state index contributed by atoms with van der Waals surface area (Å²) in [5, 5.41) is 1.93. The fourth-order valence-electron chi connectivity index (χ4n) is 2.44. The Bertz CT molecular complexity index is 717. The van der Waals surface area contributed by atoms with Gasteiger partial charge in [0.25, 0.3) is 5.91 Å². The second-order valence-electron chi connectivity index (χ2n) is 6.51. The first-order valence-electron chi connectivity index (χ1n) is 7.24. The summed E-state index contributed by atoms with van der Waals surface area (Å²) in [5.41, 5.74) is 2.87. The van der Waals surface area contributed by atoms with Crippen LogP contribution in [0.4, 0.5) is 5.69 Å². The first-order valence-corrected chi connectivity index (χ1v) is 7.62. The van der Waals surface area contributed by atoms with Crippen molar-refractivity contribution in [3.05, 3.63) is 58.6 Å². The third-order valence-electron chi connectivity index (χ3n) is 3.75. The van der Waals surface area contributed by atoms with Gasteiger partial charge in [-0.3, -0.25) is 4.79 Å². The zero-order chi connectivity index (χ0) is 15.9. The Kier molecular flexibility index (Phi) is 3.61. The molecule has 0 N–H and O–H groups in total. The Morgan fingerprint density at radius 1 is 1.09 bits per heavy atom. The predicted octanol–water partition coefficient (Wildman–Crippen LogP) is 4.52. The van der Waals surface area contributed by atoms with Crippen LogP contribution in [0.15, 0.2) is 42.5 Å². The van der Waals surface area contributed by atoms with Crippen LogP contribution in [0.1, 0.15) is 31.9 Å². The van der Waals surface area contributed by atoms with E-state index in [4.69, 9.17) is 16.4 Å². The molecule has 0 saturated heterocycles. The van der Waals surface area contributed by atoms with Crippen LogP contribution in [0.5, 0.6) is 5.75 Å². The number of anilines is 1. The van der Waals surface area contributed by atoms with Crippen LogP contribution in [-0.4, -0.2) is 5.91 Å². The van der Waals surface area contributed by atoms with Gasteiger partial charge in [-0.1, -0.05) is 50.6 Å². The highest BCUT2D eigenvalue weighted by molar-refractivity contribution is 6.30. The van der Waals surface area contributed by atoms with Crippen molar-refractivity contribution in [3.63, 3.8) is 0 Å². The van der Waals surface area contributed by atoms with Gasteiger partial charge >= 0.3 is 0 Å². The summed E-state index contributed by atoms with van der Waals surface area (Å²) in [7, 11) is 0. The summed E-state index contributed by atoms with van der Waals surface area (Å²) in [4.78, 5) is 18.0. The largest absolute Gasteiger partial charge is 0.372 e. The molecule has 0 bridgehead atoms. The highest BCUT2D eigenvalue weighted by Crippen LogP contribution is 2.32. The van der Waals surface area contributed by atoms with E-state index in [0.717, 1.165) is 11.3 Å². The first kappa shape index (κ1) is 14.9. The SMILES string of the molecule is CC(C)(C)c1ccc(N2Oc3cc(Cl)ccc3CC2=O)cc1. The third-order valence-corrected chi connectivity index (χ3v) is 3.99. The molecule has 3 rings (SSSR count). The number of carbonyl (C=O) groups is 1. The lowest BCUT2D eigenvalue weighted by Gasteiger charge is -2.28. The molecule has 0 unspecified atom stereocenters. The van der Waals surface area contributed by atoms with Crippen molar-refractivity contribution < 1.29 is 9.63 Å². The van der Waals surface area contributed by atoms with Crippen molar-refractivity contribution in [1.82, 2.24) is 0 Å². The molecule has 2 aromatic rings. The molecule has 1 aliphatic heterocycles. The molecule has 0 fully saturated rings. The monoisotopic (exact) mass is 315 g/mol. The van der Waals surface area contributed by atoms with E-state index < -0.39 is 0 Å². The number of hydrogen-bond acceptors (Lipinski definition) is 2. The Morgan fingerprint density at radius 3 is 2.41 bits per heavy atom. The van der Waals surface area contributed by atoms with E-state index in [0.29, 0.717) is 17.2 Å². The molecule has 0 atom stereocenters. The van der Waals surface area contributed by atoms with Crippen LogP contribution < -0.4 is 9.90 Å². The van der Waals surface area contributed by atoms with Gasteiger partial charge in [0.2, 0.25) is 0 Å². The van der Waals surface area contributed by atoms with Crippen LogP contribution in [0.25, 0.3) is 0 Å². The van der Waals surface area contributed by atoms with Crippen molar-refractivity contribution in [2.24, 2.45) is 0 Å². The minimum atomic E-state index is -0.0849. The number of halogens is 1. The van der Waals surface area contributed by atoms with Gasteiger partial charge in [0.15, 0.2) is 5.75 Å². The molecule has 3 nitrogen and oxygen atoms in total. The number of carbonyl (C=O) groups excluding carboxylic acids is 1. The topological polar surface area (TPSA) is 29.5 Å². The standard InChI is InChI=1S/C18H18ClNO2/c1-18(2,3)13-5-8-15(9-6-13)20-17(21)10-12-4-7-14(19)11-16(12)22-20/h4-9,11H,10H2,1-3H3. The van der Waals surface area contributed by atoms with E-state index in [1.165, 1.54) is 10.6 Å². The maximum absolute atomic E-state index is 12.3. The zero-order valence-electron chi connectivity index (χ0n) is 12.9. The van der Waals surface area contributed by atoms with Crippen molar-refractivity contribution >= 4 is 23.2 Å². The maximum Gasteiger partial charge on any atom is 0.264 e. The molecule has 0 saturated carbocycles. The number of fused-ring (bicyclic) bond motifs is 1. The second kappa shape index (κ2) is 5.33. The van der Waals surface area contributed by atoms with E-state index in [2.05, 4.69) is 20.8 Å². The van der Waals surface area contributed by atoms with Crippen LogP contribution >= 0.6 is 11.6 Å². The molecule has 0 radical (unpaired) electrons. The van der Waals surface area contributed by atoms with Crippen molar-refractivity contribution in [2.75, 3.05) is 5.06 Å². The second-order valence-corrected chi connectivity index (χ2v) is 6.94. The van der Waals surface area contributed by atoms with Crippen molar-refractivity contribution in [1.29, 1.82) is 0 Å². The summed E-state index contributed by atoms with van der Waals surface area (Å²) in [6.07, 6.45) is 0.313. The number of rotatable bonds is 1. The smallest absolute Gasteiger partial charge is 0.264 e. The van der Waals surface area contributed by atoms with Crippen LogP contribution in [-0.2, 0) is 16.6 Å². The number of nitrogens with zero attached hydrogens (tertiary/aromatic N) is 1. The highest BCUT2D eigenvalue weighted by atomic mass is 35.5. The van der Waals surface area contributed by atoms with E-state index in [9.17, 15) is 4.79 Å². The molecule has 0 aliphatic carbocycles. The van der Waals surface area contributed by atoms with Gasteiger partial charge in [0.05, 0.1) is 12.1 Å². The van der Waals surface area contributed by atoms with Crippen LogP contribution in [0.3, 0.4) is 0 Å². The van der Waals surface area contributed by atoms with Gasteiger partial charge in [-0.05, 0) is 29.2 Å². The molecular weight excluding hydrogens is 298 g/mol. The number of hydroxylamine groups is 1. The lowest BCUT2D eigenvalue weighted by Crippen LogP contribution is -2.39. The average Bonchev–Trinajstić information content (AvgIpc) is 2.46.